The number of amides is 2. The molecule has 0 bridgehead atoms. The highest BCUT2D eigenvalue weighted by Gasteiger charge is 2.22. The molecule has 3 rings (SSSR count). The Morgan fingerprint density at radius 3 is 2.76 bits per heavy atom. The molecule has 1 aromatic carbocycles. The Labute approximate surface area is 150 Å². The summed E-state index contributed by atoms with van der Waals surface area (Å²) >= 11 is 1.65. The van der Waals surface area contributed by atoms with Crippen LogP contribution in [0.1, 0.15) is 12.8 Å². The second-order valence-corrected chi connectivity index (χ2v) is 6.72. The van der Waals surface area contributed by atoms with Crippen molar-refractivity contribution in [3.8, 4) is 0 Å². The summed E-state index contributed by atoms with van der Waals surface area (Å²) in [5, 5.41) is 12.9. The molecule has 1 atom stereocenters. The molecule has 0 radical (unpaired) electrons. The first-order valence-corrected chi connectivity index (χ1v) is 9.37. The van der Waals surface area contributed by atoms with Gasteiger partial charge < -0.3 is 16.0 Å². The molecule has 1 unspecified atom stereocenters. The monoisotopic (exact) mass is 359 g/mol. The number of nitrogens with one attached hydrogen (secondary N) is 3. The van der Waals surface area contributed by atoms with Crippen LogP contribution < -0.4 is 16.0 Å². The normalized spacial score (nSPS) is 16.6. The number of hydrogen-bond donors (Lipinski definition) is 3. The quantitative estimate of drug-likeness (QED) is 0.686. The van der Waals surface area contributed by atoms with Crippen molar-refractivity contribution in [2.45, 2.75) is 30.3 Å². The molecule has 2 heterocycles. The van der Waals surface area contributed by atoms with Gasteiger partial charge in [0.2, 0.25) is 11.8 Å². The molecule has 1 aromatic heterocycles. The summed E-state index contributed by atoms with van der Waals surface area (Å²) in [6, 6.07) is 7.51. The van der Waals surface area contributed by atoms with E-state index in [0.717, 1.165) is 30.0 Å². The number of aromatic nitrogens is 2. The Hall–Kier alpha value is -2.32. The first kappa shape index (κ1) is 17.5. The summed E-state index contributed by atoms with van der Waals surface area (Å²) in [7, 11) is 0. The van der Waals surface area contributed by atoms with Crippen LogP contribution in [0.2, 0.25) is 0 Å². The highest BCUT2D eigenvalue weighted by Crippen LogP contribution is 2.17. The molecule has 3 N–H and O–H groups in total. The number of carbonyl (C=O) groups excluding carboxylic acids is 2. The van der Waals surface area contributed by atoms with Gasteiger partial charge in [-0.3, -0.25) is 14.3 Å². The summed E-state index contributed by atoms with van der Waals surface area (Å²) in [4.78, 5) is 25.3. The van der Waals surface area contributed by atoms with Crippen molar-refractivity contribution in [2.24, 2.45) is 0 Å². The molecule has 1 fully saturated rings. The lowest BCUT2D eigenvalue weighted by atomic mass is 10.2. The molecule has 2 amide bonds. The molecular weight excluding hydrogens is 338 g/mol. The van der Waals surface area contributed by atoms with Crippen LogP contribution in [0.25, 0.3) is 0 Å². The maximum atomic E-state index is 12.1. The van der Waals surface area contributed by atoms with Crippen molar-refractivity contribution in [1.82, 2.24) is 15.1 Å². The predicted molar refractivity (Wildman–Crippen MR) is 98.7 cm³/mol. The SMILES string of the molecule is CSc1ccc(NC(=O)Cn2cc(NC(=O)C3CCCN3)cn2)cc1. The van der Waals surface area contributed by atoms with Crippen LogP contribution in [-0.2, 0) is 16.1 Å². The Morgan fingerprint density at radius 1 is 1.28 bits per heavy atom. The smallest absolute Gasteiger partial charge is 0.246 e. The highest BCUT2D eigenvalue weighted by molar-refractivity contribution is 7.98. The van der Waals surface area contributed by atoms with Gasteiger partial charge in [0.05, 0.1) is 17.9 Å². The van der Waals surface area contributed by atoms with Gasteiger partial charge in [-0.15, -0.1) is 11.8 Å². The number of rotatable bonds is 6. The minimum Gasteiger partial charge on any atom is -0.324 e. The van der Waals surface area contributed by atoms with Crippen LogP contribution in [0, 0.1) is 0 Å². The van der Waals surface area contributed by atoms with Gasteiger partial charge in [0.25, 0.3) is 0 Å². The van der Waals surface area contributed by atoms with E-state index in [1.165, 1.54) is 4.68 Å². The van der Waals surface area contributed by atoms with E-state index in [0.29, 0.717) is 5.69 Å². The molecule has 0 spiro atoms. The highest BCUT2D eigenvalue weighted by atomic mass is 32.2. The Kier molecular flexibility index (Phi) is 5.72. The number of carbonyl (C=O) groups is 2. The number of benzene rings is 1. The average molecular weight is 359 g/mol. The maximum Gasteiger partial charge on any atom is 0.246 e. The van der Waals surface area contributed by atoms with Gasteiger partial charge >= 0.3 is 0 Å². The van der Waals surface area contributed by atoms with E-state index in [-0.39, 0.29) is 24.4 Å². The van der Waals surface area contributed by atoms with Crippen LogP contribution in [0.3, 0.4) is 0 Å². The molecule has 25 heavy (non-hydrogen) atoms. The summed E-state index contributed by atoms with van der Waals surface area (Å²) in [6.07, 6.45) is 7.06. The average Bonchev–Trinajstić information content (AvgIpc) is 3.27. The lowest BCUT2D eigenvalue weighted by molar-refractivity contribution is -0.118. The zero-order valence-corrected chi connectivity index (χ0v) is 14.8. The van der Waals surface area contributed by atoms with E-state index in [1.807, 2.05) is 30.5 Å². The minimum atomic E-state index is -0.171. The minimum absolute atomic E-state index is 0.0598. The fourth-order valence-corrected chi connectivity index (χ4v) is 3.08. The molecule has 0 aliphatic carbocycles. The standard InChI is InChI=1S/C17H21N5O2S/c1-25-14-6-4-12(5-7-14)20-16(23)11-22-10-13(9-19-22)21-17(24)15-3-2-8-18-15/h4-7,9-10,15,18H,2-3,8,11H2,1H3,(H,20,23)(H,21,24). The first-order valence-electron chi connectivity index (χ1n) is 8.14. The number of hydrogen-bond acceptors (Lipinski definition) is 5. The van der Waals surface area contributed by atoms with Crippen molar-refractivity contribution in [3.05, 3.63) is 36.7 Å². The molecule has 7 nitrogen and oxygen atoms in total. The predicted octanol–water partition coefficient (Wildman–Crippen LogP) is 1.93. The van der Waals surface area contributed by atoms with E-state index < -0.39 is 0 Å². The third-order valence-electron chi connectivity index (χ3n) is 3.96. The summed E-state index contributed by atoms with van der Waals surface area (Å²) in [5.74, 6) is -0.231. The second kappa shape index (κ2) is 8.17. The molecule has 0 saturated carbocycles. The number of anilines is 2. The van der Waals surface area contributed by atoms with Gasteiger partial charge in [-0.2, -0.15) is 5.10 Å². The fourth-order valence-electron chi connectivity index (χ4n) is 2.67. The fraction of sp³-hybridized carbons (Fsp3) is 0.353. The van der Waals surface area contributed by atoms with Gasteiger partial charge in [0, 0.05) is 16.8 Å². The number of nitrogens with zero attached hydrogens (tertiary/aromatic N) is 2. The Morgan fingerprint density at radius 2 is 2.08 bits per heavy atom. The summed E-state index contributed by atoms with van der Waals surface area (Å²) < 4.78 is 1.50. The second-order valence-electron chi connectivity index (χ2n) is 5.84. The molecular formula is C17H21N5O2S. The maximum absolute atomic E-state index is 12.1. The third-order valence-corrected chi connectivity index (χ3v) is 4.70. The topological polar surface area (TPSA) is 88.0 Å². The van der Waals surface area contributed by atoms with Crippen molar-refractivity contribution >= 4 is 35.0 Å². The van der Waals surface area contributed by atoms with E-state index in [4.69, 9.17) is 0 Å². The van der Waals surface area contributed by atoms with Crippen LogP contribution in [0.15, 0.2) is 41.6 Å². The third kappa shape index (κ3) is 4.83. The lowest BCUT2D eigenvalue weighted by Gasteiger charge is -2.09. The van der Waals surface area contributed by atoms with Crippen LogP contribution in [-0.4, -0.2) is 40.4 Å². The summed E-state index contributed by atoms with van der Waals surface area (Å²) in [6.45, 7) is 0.956. The van der Waals surface area contributed by atoms with Crippen LogP contribution in [0.4, 0.5) is 11.4 Å². The van der Waals surface area contributed by atoms with Gasteiger partial charge in [0.15, 0.2) is 0 Å². The van der Waals surface area contributed by atoms with Crippen LogP contribution >= 0.6 is 11.8 Å². The Balaban J connectivity index is 1.51. The Bertz CT molecular complexity index is 738. The van der Waals surface area contributed by atoms with E-state index >= 15 is 0 Å². The molecule has 8 heteroatoms. The largest absolute Gasteiger partial charge is 0.324 e. The molecule has 1 aliphatic heterocycles. The van der Waals surface area contributed by atoms with Gasteiger partial charge in [0.1, 0.15) is 6.54 Å². The van der Waals surface area contributed by atoms with E-state index in [1.54, 1.807) is 24.2 Å². The molecule has 1 aliphatic rings. The van der Waals surface area contributed by atoms with E-state index in [9.17, 15) is 9.59 Å². The van der Waals surface area contributed by atoms with E-state index in [2.05, 4.69) is 21.0 Å². The molecule has 1 saturated heterocycles. The number of thioether (sulfide) groups is 1. The van der Waals surface area contributed by atoms with Crippen molar-refractivity contribution < 1.29 is 9.59 Å². The van der Waals surface area contributed by atoms with Crippen molar-refractivity contribution in [3.63, 3.8) is 0 Å². The molecule has 2 aromatic rings. The molecule has 132 valence electrons. The lowest BCUT2D eigenvalue weighted by Crippen LogP contribution is -2.35. The van der Waals surface area contributed by atoms with Gasteiger partial charge in [-0.25, -0.2) is 0 Å². The van der Waals surface area contributed by atoms with Gasteiger partial charge in [-0.05, 0) is 49.9 Å². The van der Waals surface area contributed by atoms with Crippen LogP contribution in [0.5, 0.6) is 0 Å². The van der Waals surface area contributed by atoms with Crippen molar-refractivity contribution in [2.75, 3.05) is 23.4 Å². The van der Waals surface area contributed by atoms with Gasteiger partial charge in [-0.1, -0.05) is 0 Å². The zero-order chi connectivity index (χ0) is 17.6. The first-order chi connectivity index (χ1) is 12.1. The van der Waals surface area contributed by atoms with Crippen molar-refractivity contribution in [1.29, 1.82) is 0 Å². The summed E-state index contributed by atoms with van der Waals surface area (Å²) in [5.41, 5.74) is 1.34. The zero-order valence-electron chi connectivity index (χ0n) is 14.0.